The van der Waals surface area contributed by atoms with E-state index in [-0.39, 0.29) is 22.9 Å². The Hall–Kier alpha value is -2.05. The molecule has 1 aliphatic heterocycles. The molecule has 168 valence electrons. The molecule has 0 atom stereocenters. The van der Waals surface area contributed by atoms with Crippen molar-refractivity contribution in [3.63, 3.8) is 0 Å². The van der Waals surface area contributed by atoms with Gasteiger partial charge in [0.25, 0.3) is 5.91 Å². The Morgan fingerprint density at radius 2 is 1.48 bits per heavy atom. The van der Waals surface area contributed by atoms with E-state index in [0.29, 0.717) is 43.7 Å². The summed E-state index contributed by atoms with van der Waals surface area (Å²) in [6.07, 6.45) is 3.49. The number of alkyl halides is 3. The Morgan fingerprint density at radius 1 is 0.935 bits per heavy atom. The molecular formula is C24H29F3N2O2. The molecule has 5 aliphatic rings. The smallest absolute Gasteiger partial charge is 0.353 e. The second-order valence-corrected chi connectivity index (χ2v) is 10.3. The van der Waals surface area contributed by atoms with Gasteiger partial charge in [-0.2, -0.15) is 13.2 Å². The summed E-state index contributed by atoms with van der Waals surface area (Å²) in [5, 5.41) is 3.25. The maximum atomic E-state index is 13.3. The number of likely N-dealkylation sites (tertiary alicyclic amines) is 1. The van der Waals surface area contributed by atoms with Crippen molar-refractivity contribution in [2.45, 2.75) is 63.6 Å². The van der Waals surface area contributed by atoms with Gasteiger partial charge in [-0.3, -0.25) is 9.59 Å². The SMILES string of the molecule is O=C(c1ccccc1C(F)(F)F)N1CCC(NC(=O)C23CC4CC(CC(C4)C2)C3)CC1. The molecule has 0 aromatic heterocycles. The van der Waals surface area contributed by atoms with Crippen LogP contribution in [0.3, 0.4) is 0 Å². The Bertz CT molecular complexity index is 839. The molecule has 2 amide bonds. The number of hydrogen-bond donors (Lipinski definition) is 1. The molecule has 5 fully saturated rings. The predicted molar refractivity (Wildman–Crippen MR) is 109 cm³/mol. The van der Waals surface area contributed by atoms with E-state index in [4.69, 9.17) is 0 Å². The van der Waals surface area contributed by atoms with Crippen molar-refractivity contribution in [3.05, 3.63) is 35.4 Å². The molecule has 1 aromatic rings. The van der Waals surface area contributed by atoms with Crippen molar-refractivity contribution in [2.24, 2.45) is 23.2 Å². The molecule has 0 spiro atoms. The number of nitrogens with zero attached hydrogens (tertiary/aromatic N) is 1. The number of carbonyl (C=O) groups is 2. The minimum atomic E-state index is -4.56. The van der Waals surface area contributed by atoms with Crippen LogP contribution in [0.4, 0.5) is 13.2 Å². The van der Waals surface area contributed by atoms with Crippen LogP contribution in [0.1, 0.15) is 67.3 Å². The topological polar surface area (TPSA) is 49.4 Å². The predicted octanol–water partition coefficient (Wildman–Crippen LogP) is 4.64. The van der Waals surface area contributed by atoms with Crippen LogP contribution in [0.2, 0.25) is 0 Å². The average molecular weight is 435 g/mol. The van der Waals surface area contributed by atoms with Crippen molar-refractivity contribution < 1.29 is 22.8 Å². The van der Waals surface area contributed by atoms with Gasteiger partial charge in [-0.05, 0) is 81.3 Å². The van der Waals surface area contributed by atoms with Crippen LogP contribution in [0, 0.1) is 23.2 Å². The first-order chi connectivity index (χ1) is 14.7. The molecule has 6 rings (SSSR count). The number of hydrogen-bond acceptors (Lipinski definition) is 2. The largest absolute Gasteiger partial charge is 0.417 e. The number of nitrogens with one attached hydrogen (secondary N) is 1. The van der Waals surface area contributed by atoms with Crippen molar-refractivity contribution in [3.8, 4) is 0 Å². The van der Waals surface area contributed by atoms with E-state index in [1.165, 1.54) is 42.4 Å². The molecule has 0 radical (unpaired) electrons. The van der Waals surface area contributed by atoms with E-state index in [1.54, 1.807) is 0 Å². The van der Waals surface area contributed by atoms with Crippen molar-refractivity contribution >= 4 is 11.8 Å². The van der Waals surface area contributed by atoms with Crippen molar-refractivity contribution in [2.75, 3.05) is 13.1 Å². The summed E-state index contributed by atoms with van der Waals surface area (Å²) < 4.78 is 39.8. The summed E-state index contributed by atoms with van der Waals surface area (Å²) in [6, 6.07) is 4.94. The fourth-order valence-corrected chi connectivity index (χ4v) is 7.04. The molecular weight excluding hydrogens is 405 g/mol. The average Bonchev–Trinajstić information content (AvgIpc) is 2.72. The number of benzene rings is 1. The van der Waals surface area contributed by atoms with Crippen LogP contribution < -0.4 is 5.32 Å². The lowest BCUT2D eigenvalue weighted by atomic mass is 9.49. The Balaban J connectivity index is 1.20. The maximum Gasteiger partial charge on any atom is 0.417 e. The lowest BCUT2D eigenvalue weighted by molar-refractivity contribution is -0.147. The third kappa shape index (κ3) is 3.85. The number of carbonyl (C=O) groups excluding carboxylic acids is 2. The fourth-order valence-electron chi connectivity index (χ4n) is 7.04. The molecule has 1 heterocycles. The summed E-state index contributed by atoms with van der Waals surface area (Å²) >= 11 is 0. The van der Waals surface area contributed by atoms with Gasteiger partial charge in [0.1, 0.15) is 0 Å². The maximum absolute atomic E-state index is 13.3. The van der Waals surface area contributed by atoms with Gasteiger partial charge in [-0.1, -0.05) is 12.1 Å². The van der Waals surface area contributed by atoms with Crippen LogP contribution in [0.15, 0.2) is 24.3 Å². The van der Waals surface area contributed by atoms with Gasteiger partial charge in [0.05, 0.1) is 11.1 Å². The standard InChI is InChI=1S/C24H29F3N2O2/c25-24(26,27)20-4-2-1-3-19(20)21(30)29-7-5-18(6-8-29)28-22(31)23-12-15-9-16(13-23)11-17(10-15)14-23/h1-4,15-18H,5-14H2,(H,28,31). The third-order valence-electron chi connectivity index (χ3n) is 8.10. The molecule has 4 bridgehead atoms. The van der Waals surface area contributed by atoms with E-state index in [0.717, 1.165) is 25.3 Å². The Kier molecular flexibility index (Phi) is 5.05. The zero-order valence-electron chi connectivity index (χ0n) is 17.6. The second kappa shape index (κ2) is 7.52. The monoisotopic (exact) mass is 434 g/mol. The van der Waals surface area contributed by atoms with Crippen LogP contribution in [-0.2, 0) is 11.0 Å². The molecule has 1 N–H and O–H groups in total. The summed E-state index contributed by atoms with van der Waals surface area (Å²) in [7, 11) is 0. The van der Waals surface area contributed by atoms with Gasteiger partial charge in [-0.25, -0.2) is 0 Å². The molecule has 0 unspecified atom stereocenters. The minimum absolute atomic E-state index is 0.0117. The molecule has 7 heteroatoms. The van der Waals surface area contributed by atoms with Gasteiger partial charge in [-0.15, -0.1) is 0 Å². The summed E-state index contributed by atoms with van der Waals surface area (Å²) in [5.74, 6) is 1.69. The summed E-state index contributed by atoms with van der Waals surface area (Å²) in [4.78, 5) is 27.5. The lowest BCUT2D eigenvalue weighted by Crippen LogP contribution is -2.56. The number of piperidine rings is 1. The highest BCUT2D eigenvalue weighted by molar-refractivity contribution is 5.96. The highest BCUT2D eigenvalue weighted by Gasteiger charge is 2.54. The van der Waals surface area contributed by atoms with Gasteiger partial charge >= 0.3 is 6.18 Å². The van der Waals surface area contributed by atoms with Gasteiger partial charge < -0.3 is 10.2 Å². The molecule has 31 heavy (non-hydrogen) atoms. The number of amides is 2. The molecule has 4 nitrogen and oxygen atoms in total. The van der Waals surface area contributed by atoms with Crippen LogP contribution in [0.25, 0.3) is 0 Å². The molecule has 4 saturated carbocycles. The van der Waals surface area contributed by atoms with Gasteiger partial charge in [0.2, 0.25) is 5.91 Å². The highest BCUT2D eigenvalue weighted by Crippen LogP contribution is 2.60. The van der Waals surface area contributed by atoms with E-state index in [1.807, 2.05) is 0 Å². The van der Waals surface area contributed by atoms with E-state index < -0.39 is 17.6 Å². The van der Waals surface area contributed by atoms with Gasteiger partial charge in [0, 0.05) is 24.5 Å². The molecule has 4 aliphatic carbocycles. The van der Waals surface area contributed by atoms with Crippen molar-refractivity contribution in [1.29, 1.82) is 0 Å². The minimum Gasteiger partial charge on any atom is -0.353 e. The zero-order valence-corrected chi connectivity index (χ0v) is 17.6. The Labute approximate surface area is 180 Å². The first-order valence-corrected chi connectivity index (χ1v) is 11.5. The first-order valence-electron chi connectivity index (χ1n) is 11.5. The second-order valence-electron chi connectivity index (χ2n) is 10.3. The molecule has 1 saturated heterocycles. The molecule has 1 aromatic carbocycles. The van der Waals surface area contributed by atoms with E-state index in [9.17, 15) is 22.8 Å². The number of halogens is 3. The quantitative estimate of drug-likeness (QED) is 0.753. The van der Waals surface area contributed by atoms with Crippen LogP contribution in [-0.4, -0.2) is 35.8 Å². The normalized spacial score (nSPS) is 32.9. The van der Waals surface area contributed by atoms with Crippen molar-refractivity contribution in [1.82, 2.24) is 10.2 Å². The number of rotatable bonds is 3. The van der Waals surface area contributed by atoms with E-state index in [2.05, 4.69) is 5.32 Å². The van der Waals surface area contributed by atoms with E-state index >= 15 is 0 Å². The van der Waals surface area contributed by atoms with Crippen LogP contribution >= 0.6 is 0 Å². The lowest BCUT2D eigenvalue weighted by Gasteiger charge is -2.56. The highest BCUT2D eigenvalue weighted by atomic mass is 19.4. The first kappa shape index (κ1) is 20.8. The Morgan fingerprint density at radius 3 is 2.03 bits per heavy atom. The van der Waals surface area contributed by atoms with Crippen LogP contribution in [0.5, 0.6) is 0 Å². The third-order valence-corrected chi connectivity index (χ3v) is 8.10. The van der Waals surface area contributed by atoms with Gasteiger partial charge in [0.15, 0.2) is 0 Å². The zero-order chi connectivity index (χ0) is 21.8. The summed E-state index contributed by atoms with van der Waals surface area (Å²) in [5.41, 5.74) is -1.39. The summed E-state index contributed by atoms with van der Waals surface area (Å²) in [6.45, 7) is 0.716. The fraction of sp³-hybridized carbons (Fsp3) is 0.667.